The number of nitrogens with one attached hydrogen (secondary N) is 1. The first-order chi connectivity index (χ1) is 19.6. The molecular formula is C31H30BrClF2N2O4. The summed E-state index contributed by atoms with van der Waals surface area (Å²) < 4.78 is 38.1. The van der Waals surface area contributed by atoms with Gasteiger partial charge >= 0.3 is 12.6 Å². The maximum Gasteiger partial charge on any atom is 0.387 e. The third-order valence-corrected chi connectivity index (χ3v) is 9.03. The first-order valence-electron chi connectivity index (χ1n) is 13.6. The van der Waals surface area contributed by atoms with Gasteiger partial charge in [0.05, 0.1) is 28.6 Å². The lowest BCUT2D eigenvalue weighted by Gasteiger charge is -2.51. The SMILES string of the molecule is CCCCOC(=O)C12C=C(c3ccccc3OC(F)F)C(NC(=O)c3c(C)c(Cl)nc4ccc(Br)cc34)(CC1)CC2. The molecule has 2 bridgehead atoms. The molecule has 1 N–H and O–H groups in total. The number of halogens is 4. The van der Waals surface area contributed by atoms with E-state index < -0.39 is 17.6 Å². The highest BCUT2D eigenvalue weighted by molar-refractivity contribution is 9.10. The number of alkyl halides is 2. The second-order valence-electron chi connectivity index (χ2n) is 10.7. The van der Waals surface area contributed by atoms with E-state index in [9.17, 15) is 18.4 Å². The maximum atomic E-state index is 14.1. The molecular weight excluding hydrogens is 618 g/mol. The van der Waals surface area contributed by atoms with Crippen molar-refractivity contribution in [1.29, 1.82) is 0 Å². The van der Waals surface area contributed by atoms with Gasteiger partial charge in [-0.1, -0.05) is 65.2 Å². The van der Waals surface area contributed by atoms with E-state index in [1.807, 2.05) is 25.1 Å². The van der Waals surface area contributed by atoms with E-state index in [1.54, 1.807) is 31.2 Å². The van der Waals surface area contributed by atoms with Gasteiger partial charge in [0.1, 0.15) is 10.9 Å². The van der Waals surface area contributed by atoms with Gasteiger partial charge in [-0.3, -0.25) is 9.59 Å². The predicted octanol–water partition coefficient (Wildman–Crippen LogP) is 8.03. The van der Waals surface area contributed by atoms with Crippen molar-refractivity contribution in [3.63, 3.8) is 0 Å². The highest BCUT2D eigenvalue weighted by Gasteiger charge is 2.55. The molecule has 41 heavy (non-hydrogen) atoms. The average molecular weight is 648 g/mol. The lowest BCUT2D eigenvalue weighted by atomic mass is 9.57. The smallest absolute Gasteiger partial charge is 0.387 e. The summed E-state index contributed by atoms with van der Waals surface area (Å²) in [5.74, 6) is -0.724. The summed E-state index contributed by atoms with van der Waals surface area (Å²) in [5.41, 5.74) is 0.586. The Balaban J connectivity index is 1.61. The predicted molar refractivity (Wildman–Crippen MR) is 157 cm³/mol. The number of carbonyl (C=O) groups excluding carboxylic acids is 2. The summed E-state index contributed by atoms with van der Waals surface area (Å²) in [6, 6.07) is 11.9. The van der Waals surface area contributed by atoms with Crippen LogP contribution in [0.5, 0.6) is 5.75 Å². The van der Waals surface area contributed by atoms with Crippen molar-refractivity contribution in [1.82, 2.24) is 10.3 Å². The molecule has 1 saturated carbocycles. The van der Waals surface area contributed by atoms with E-state index in [0.29, 0.717) is 65.5 Å². The average Bonchev–Trinajstić information content (AvgIpc) is 2.94. The van der Waals surface area contributed by atoms with Crippen molar-refractivity contribution in [2.45, 2.75) is 64.5 Å². The standard InChI is InChI=1S/C31H30BrClF2N2O4/c1-3-4-15-40-28(39)30-11-13-31(14-12-30,22(17-30)20-7-5-6-8-24(20)41-29(34)35)37-27(38)25-18(2)26(33)36-23-10-9-19(32)16-21(23)25/h5-10,16-17,29H,3-4,11-15H2,1-2H3,(H,37,38). The molecule has 0 atom stereocenters. The minimum Gasteiger partial charge on any atom is -0.465 e. The normalized spacial score (nSPS) is 21.6. The number of hydrogen-bond donors (Lipinski definition) is 1. The summed E-state index contributed by atoms with van der Waals surface area (Å²) >= 11 is 9.92. The van der Waals surface area contributed by atoms with Crippen molar-refractivity contribution in [3.8, 4) is 5.75 Å². The summed E-state index contributed by atoms with van der Waals surface area (Å²) in [6.07, 6.45) is 5.17. The molecule has 1 heterocycles. The van der Waals surface area contributed by atoms with Gasteiger partial charge in [0, 0.05) is 15.4 Å². The summed E-state index contributed by atoms with van der Waals surface area (Å²) in [7, 11) is 0. The van der Waals surface area contributed by atoms with E-state index in [1.165, 1.54) is 6.07 Å². The van der Waals surface area contributed by atoms with Crippen LogP contribution < -0.4 is 10.1 Å². The zero-order chi connectivity index (χ0) is 29.4. The Morgan fingerprint density at radius 3 is 2.59 bits per heavy atom. The number of unbranched alkanes of at least 4 members (excludes halogenated alkanes) is 1. The van der Waals surface area contributed by atoms with E-state index in [2.05, 4.69) is 26.2 Å². The van der Waals surface area contributed by atoms with Crippen LogP contribution in [-0.2, 0) is 9.53 Å². The Bertz CT molecular complexity index is 1540. The molecule has 3 aliphatic rings. The molecule has 2 aromatic carbocycles. The molecule has 0 aliphatic heterocycles. The number of aromatic nitrogens is 1. The van der Waals surface area contributed by atoms with Crippen molar-refractivity contribution < 1.29 is 27.8 Å². The number of benzene rings is 2. The number of nitrogens with zero attached hydrogens (tertiary/aromatic N) is 1. The highest BCUT2D eigenvalue weighted by atomic mass is 79.9. The molecule has 3 aliphatic carbocycles. The molecule has 1 aromatic heterocycles. The number of esters is 1. The Kier molecular flexibility index (Phi) is 8.39. The van der Waals surface area contributed by atoms with Gasteiger partial charge in [0.25, 0.3) is 5.91 Å². The van der Waals surface area contributed by atoms with Crippen LogP contribution in [-0.4, -0.2) is 35.6 Å². The third kappa shape index (κ3) is 5.58. The highest BCUT2D eigenvalue weighted by Crippen LogP contribution is 2.56. The molecule has 0 unspecified atom stereocenters. The van der Waals surface area contributed by atoms with Crippen molar-refractivity contribution in [2.75, 3.05) is 6.61 Å². The van der Waals surface area contributed by atoms with Crippen LogP contribution in [0.3, 0.4) is 0 Å². The number of fused-ring (bicyclic) bond motifs is 3. The molecule has 1 fully saturated rings. The van der Waals surface area contributed by atoms with Gasteiger partial charge in [-0.2, -0.15) is 8.78 Å². The fourth-order valence-electron chi connectivity index (χ4n) is 5.96. The minimum absolute atomic E-state index is 0.0260. The zero-order valence-electron chi connectivity index (χ0n) is 22.7. The Hall–Kier alpha value is -3.04. The number of para-hydroxylation sites is 1. The molecule has 1 amide bonds. The zero-order valence-corrected chi connectivity index (χ0v) is 25.1. The molecule has 0 radical (unpaired) electrons. The van der Waals surface area contributed by atoms with Crippen molar-refractivity contribution >= 4 is 55.9 Å². The Morgan fingerprint density at radius 1 is 1.15 bits per heavy atom. The monoisotopic (exact) mass is 646 g/mol. The lowest BCUT2D eigenvalue weighted by Crippen LogP contribution is -2.57. The lowest BCUT2D eigenvalue weighted by molar-refractivity contribution is -0.155. The second kappa shape index (κ2) is 11.7. The fraction of sp³-hybridized carbons (Fsp3) is 0.387. The topological polar surface area (TPSA) is 77.5 Å². The van der Waals surface area contributed by atoms with E-state index in [0.717, 1.165) is 17.3 Å². The van der Waals surface area contributed by atoms with E-state index in [4.69, 9.17) is 21.1 Å². The van der Waals surface area contributed by atoms with Gasteiger partial charge in [0.2, 0.25) is 0 Å². The third-order valence-electron chi connectivity index (χ3n) is 8.17. The Morgan fingerprint density at radius 2 is 1.88 bits per heavy atom. The van der Waals surface area contributed by atoms with E-state index in [-0.39, 0.29) is 22.8 Å². The number of hydrogen-bond acceptors (Lipinski definition) is 5. The molecule has 216 valence electrons. The van der Waals surface area contributed by atoms with E-state index >= 15 is 0 Å². The maximum absolute atomic E-state index is 14.1. The number of amides is 1. The van der Waals surface area contributed by atoms with Crippen LogP contribution in [0.25, 0.3) is 16.5 Å². The molecule has 3 aromatic rings. The van der Waals surface area contributed by atoms with Crippen LogP contribution in [0.4, 0.5) is 8.78 Å². The molecule has 0 saturated heterocycles. The number of ether oxygens (including phenoxy) is 2. The fourth-order valence-corrected chi connectivity index (χ4v) is 6.50. The first-order valence-corrected chi connectivity index (χ1v) is 14.8. The van der Waals surface area contributed by atoms with Crippen LogP contribution in [0.2, 0.25) is 5.15 Å². The van der Waals surface area contributed by atoms with Gasteiger partial charge in [0.15, 0.2) is 0 Å². The molecule has 6 rings (SSSR count). The van der Waals surface area contributed by atoms with Gasteiger partial charge < -0.3 is 14.8 Å². The summed E-state index contributed by atoms with van der Waals surface area (Å²) in [4.78, 5) is 31.9. The molecule has 6 nitrogen and oxygen atoms in total. The summed E-state index contributed by atoms with van der Waals surface area (Å²) in [6.45, 7) is 1.03. The quantitative estimate of drug-likeness (QED) is 0.145. The van der Waals surface area contributed by atoms with Crippen LogP contribution >= 0.6 is 27.5 Å². The van der Waals surface area contributed by atoms with Crippen molar-refractivity contribution in [2.24, 2.45) is 5.41 Å². The first kappa shape index (κ1) is 29.5. The second-order valence-corrected chi connectivity index (χ2v) is 12.0. The van der Waals surface area contributed by atoms with Crippen molar-refractivity contribution in [3.05, 3.63) is 74.9 Å². The van der Waals surface area contributed by atoms with Gasteiger partial charge in [-0.25, -0.2) is 4.98 Å². The molecule has 10 heteroatoms. The minimum atomic E-state index is -3.04. The van der Waals surface area contributed by atoms with Gasteiger partial charge in [-0.05, 0) is 74.4 Å². The largest absolute Gasteiger partial charge is 0.465 e. The number of rotatable bonds is 9. The summed E-state index contributed by atoms with van der Waals surface area (Å²) in [5, 5.41) is 4.09. The Labute approximate surface area is 250 Å². The van der Waals surface area contributed by atoms with Crippen LogP contribution in [0.15, 0.2) is 53.0 Å². The number of carbonyl (C=O) groups is 2. The molecule has 0 spiro atoms. The van der Waals surface area contributed by atoms with Crippen LogP contribution in [0.1, 0.15) is 66.9 Å². The number of pyridine rings is 1. The van der Waals surface area contributed by atoms with Crippen LogP contribution in [0, 0.1) is 12.3 Å². The van der Waals surface area contributed by atoms with Gasteiger partial charge in [-0.15, -0.1) is 0 Å².